The van der Waals surface area contributed by atoms with Crippen LogP contribution in [0.4, 0.5) is 0 Å². The van der Waals surface area contributed by atoms with E-state index < -0.39 is 0 Å². The highest BCUT2D eigenvalue weighted by molar-refractivity contribution is 8.00. The fraction of sp³-hybridized carbons (Fsp3) is 0.500. The molecule has 0 saturated carbocycles. The van der Waals surface area contributed by atoms with Gasteiger partial charge in [0.05, 0.1) is 7.11 Å². The summed E-state index contributed by atoms with van der Waals surface area (Å²) < 4.78 is 4.90. The normalized spacial score (nSPS) is 24.8. The third kappa shape index (κ3) is 3.27. The van der Waals surface area contributed by atoms with E-state index in [4.69, 9.17) is 4.74 Å². The van der Waals surface area contributed by atoms with Crippen LogP contribution in [0.3, 0.4) is 0 Å². The van der Waals surface area contributed by atoms with Crippen LogP contribution in [0.25, 0.3) is 0 Å². The lowest BCUT2D eigenvalue weighted by Crippen LogP contribution is -2.37. The number of esters is 1. The number of benzene rings is 1. The van der Waals surface area contributed by atoms with Gasteiger partial charge in [0.1, 0.15) is 6.04 Å². The van der Waals surface area contributed by atoms with Gasteiger partial charge in [-0.2, -0.15) is 11.8 Å². The first-order valence-corrected chi connectivity index (χ1v) is 7.26. The van der Waals surface area contributed by atoms with Crippen molar-refractivity contribution in [1.29, 1.82) is 0 Å². The van der Waals surface area contributed by atoms with Crippen molar-refractivity contribution in [2.24, 2.45) is 0 Å². The summed E-state index contributed by atoms with van der Waals surface area (Å²) in [7, 11) is 1.44. The van der Waals surface area contributed by atoms with Gasteiger partial charge in [0.25, 0.3) is 0 Å². The lowest BCUT2D eigenvalue weighted by molar-refractivity contribution is -0.143. The molecule has 0 bridgehead atoms. The van der Waals surface area contributed by atoms with Crippen LogP contribution in [0.5, 0.6) is 0 Å². The van der Waals surface area contributed by atoms with Crippen LogP contribution in [0.15, 0.2) is 30.3 Å². The molecule has 3 atom stereocenters. The second kappa shape index (κ2) is 6.25. The summed E-state index contributed by atoms with van der Waals surface area (Å²) in [5, 5.41) is 4.08. The molecule has 0 aromatic heterocycles. The fourth-order valence-corrected chi connectivity index (χ4v) is 3.39. The van der Waals surface area contributed by atoms with Crippen molar-refractivity contribution < 1.29 is 9.53 Å². The van der Waals surface area contributed by atoms with E-state index in [1.165, 1.54) is 7.11 Å². The zero-order chi connectivity index (χ0) is 13.0. The summed E-state index contributed by atoms with van der Waals surface area (Å²) in [6.07, 6.45) is 1.10. The minimum absolute atomic E-state index is 0.217. The molecule has 1 saturated heterocycles. The number of thioether (sulfide) groups is 1. The Labute approximate surface area is 112 Å². The van der Waals surface area contributed by atoms with Gasteiger partial charge in [-0.3, -0.25) is 5.32 Å². The number of ether oxygens (including phenoxy) is 1. The minimum atomic E-state index is -0.355. The zero-order valence-corrected chi connectivity index (χ0v) is 11.6. The number of hydrogen-bond donors (Lipinski definition) is 1. The molecule has 2 rings (SSSR count). The lowest BCUT2D eigenvalue weighted by Gasteiger charge is -2.21. The third-order valence-corrected chi connectivity index (χ3v) is 4.53. The number of hydrogen-bond acceptors (Lipinski definition) is 4. The van der Waals surface area contributed by atoms with E-state index in [9.17, 15) is 4.79 Å². The van der Waals surface area contributed by atoms with Crippen LogP contribution in [-0.2, 0) is 9.53 Å². The van der Waals surface area contributed by atoms with Gasteiger partial charge in [0.2, 0.25) is 0 Å². The van der Waals surface area contributed by atoms with E-state index in [0.717, 1.165) is 17.7 Å². The molecule has 0 aliphatic carbocycles. The van der Waals surface area contributed by atoms with Crippen LogP contribution in [0.2, 0.25) is 0 Å². The summed E-state index contributed by atoms with van der Waals surface area (Å²) in [6.45, 7) is 2.22. The van der Waals surface area contributed by atoms with Gasteiger partial charge in [-0.1, -0.05) is 37.3 Å². The molecule has 1 aromatic carbocycles. The lowest BCUT2D eigenvalue weighted by atomic mass is 10.1. The molecular formula is C14H19NO2S. The standard InChI is InChI=1S/C14H19NO2S/c1-10-8-12(9-18-10)15-13(14(16)17-2)11-6-4-3-5-7-11/h3-7,10,12-13,15H,8-9H2,1-2H3. The molecule has 1 heterocycles. The summed E-state index contributed by atoms with van der Waals surface area (Å²) in [5.74, 6) is 0.840. The van der Waals surface area contributed by atoms with Gasteiger partial charge in [0, 0.05) is 17.0 Å². The Morgan fingerprint density at radius 2 is 2.17 bits per heavy atom. The Hall–Kier alpha value is -1.00. The van der Waals surface area contributed by atoms with Gasteiger partial charge in [-0.15, -0.1) is 0 Å². The maximum atomic E-state index is 11.9. The number of rotatable bonds is 4. The molecule has 1 fully saturated rings. The Kier molecular flexibility index (Phi) is 4.66. The zero-order valence-electron chi connectivity index (χ0n) is 10.8. The molecule has 98 valence electrons. The molecule has 1 aliphatic rings. The van der Waals surface area contributed by atoms with E-state index in [0.29, 0.717) is 11.3 Å². The number of carbonyl (C=O) groups excluding carboxylic acids is 1. The Balaban J connectivity index is 2.09. The van der Waals surface area contributed by atoms with E-state index in [1.807, 2.05) is 42.1 Å². The molecule has 18 heavy (non-hydrogen) atoms. The number of carbonyl (C=O) groups is 1. The van der Waals surface area contributed by atoms with E-state index >= 15 is 0 Å². The maximum absolute atomic E-state index is 11.9. The molecule has 1 aliphatic heterocycles. The summed E-state index contributed by atoms with van der Waals surface area (Å²) in [4.78, 5) is 11.9. The summed E-state index contributed by atoms with van der Waals surface area (Å²) >= 11 is 1.95. The highest BCUT2D eigenvalue weighted by atomic mass is 32.2. The van der Waals surface area contributed by atoms with Crippen molar-refractivity contribution in [2.45, 2.75) is 30.7 Å². The molecule has 4 heteroatoms. The van der Waals surface area contributed by atoms with Crippen LogP contribution >= 0.6 is 11.8 Å². The van der Waals surface area contributed by atoms with Crippen molar-refractivity contribution in [3.05, 3.63) is 35.9 Å². The van der Waals surface area contributed by atoms with Gasteiger partial charge in [-0.25, -0.2) is 4.79 Å². The quantitative estimate of drug-likeness (QED) is 0.848. The fourth-order valence-electron chi connectivity index (χ4n) is 2.23. The van der Waals surface area contributed by atoms with E-state index in [2.05, 4.69) is 12.2 Å². The Morgan fingerprint density at radius 3 is 2.72 bits per heavy atom. The van der Waals surface area contributed by atoms with Crippen molar-refractivity contribution in [1.82, 2.24) is 5.32 Å². The monoisotopic (exact) mass is 265 g/mol. The van der Waals surface area contributed by atoms with Crippen LogP contribution in [-0.4, -0.2) is 30.1 Å². The number of methoxy groups -OCH3 is 1. The molecule has 0 radical (unpaired) electrons. The molecule has 0 spiro atoms. The second-order valence-electron chi connectivity index (χ2n) is 4.61. The SMILES string of the molecule is COC(=O)C(NC1CSC(C)C1)c1ccccc1. The van der Waals surface area contributed by atoms with Crippen LogP contribution in [0, 0.1) is 0 Å². The molecular weight excluding hydrogens is 246 g/mol. The van der Waals surface area contributed by atoms with Gasteiger partial charge in [-0.05, 0) is 12.0 Å². The van der Waals surface area contributed by atoms with Gasteiger partial charge < -0.3 is 4.74 Å². The average molecular weight is 265 g/mol. The summed E-state index contributed by atoms with van der Waals surface area (Å²) in [6, 6.07) is 9.78. The highest BCUT2D eigenvalue weighted by Gasteiger charge is 2.28. The predicted molar refractivity (Wildman–Crippen MR) is 74.7 cm³/mol. The van der Waals surface area contributed by atoms with Gasteiger partial charge in [0.15, 0.2) is 0 Å². The van der Waals surface area contributed by atoms with Crippen LogP contribution in [0.1, 0.15) is 24.9 Å². The first-order chi connectivity index (χ1) is 8.70. The first kappa shape index (κ1) is 13.4. The predicted octanol–water partition coefficient (Wildman–Crippen LogP) is 2.38. The topological polar surface area (TPSA) is 38.3 Å². The molecule has 1 N–H and O–H groups in total. The largest absolute Gasteiger partial charge is 0.468 e. The van der Waals surface area contributed by atoms with Crippen molar-refractivity contribution in [2.75, 3.05) is 12.9 Å². The smallest absolute Gasteiger partial charge is 0.327 e. The number of nitrogens with one attached hydrogen (secondary N) is 1. The van der Waals surface area contributed by atoms with E-state index in [1.54, 1.807) is 0 Å². The molecule has 3 nitrogen and oxygen atoms in total. The van der Waals surface area contributed by atoms with E-state index in [-0.39, 0.29) is 12.0 Å². The Bertz CT molecular complexity index is 396. The minimum Gasteiger partial charge on any atom is -0.468 e. The second-order valence-corrected chi connectivity index (χ2v) is 6.08. The summed E-state index contributed by atoms with van der Waals surface area (Å²) in [5.41, 5.74) is 0.967. The maximum Gasteiger partial charge on any atom is 0.327 e. The van der Waals surface area contributed by atoms with Crippen LogP contribution < -0.4 is 5.32 Å². The third-order valence-electron chi connectivity index (χ3n) is 3.17. The van der Waals surface area contributed by atoms with Crippen molar-refractivity contribution in [3.8, 4) is 0 Å². The highest BCUT2D eigenvalue weighted by Crippen LogP contribution is 2.28. The van der Waals surface area contributed by atoms with Crippen molar-refractivity contribution >= 4 is 17.7 Å². The van der Waals surface area contributed by atoms with Gasteiger partial charge >= 0.3 is 5.97 Å². The molecule has 1 aromatic rings. The first-order valence-electron chi connectivity index (χ1n) is 6.21. The van der Waals surface area contributed by atoms with Crippen molar-refractivity contribution in [3.63, 3.8) is 0 Å². The molecule has 0 amide bonds. The molecule has 3 unspecified atom stereocenters. The average Bonchev–Trinajstić information content (AvgIpc) is 2.82. The Morgan fingerprint density at radius 1 is 1.44 bits per heavy atom.